The van der Waals surface area contributed by atoms with Crippen molar-refractivity contribution in [2.45, 2.75) is 83.9 Å². The van der Waals surface area contributed by atoms with E-state index < -0.39 is 73.3 Å². The number of aromatic amines is 1. The van der Waals surface area contributed by atoms with E-state index in [9.17, 15) is 28.8 Å². The van der Waals surface area contributed by atoms with E-state index in [2.05, 4.69) is 30.9 Å². The van der Waals surface area contributed by atoms with Gasteiger partial charge >= 0.3 is 25.4 Å². The standard InChI is InChI=1S/C32H38BrN6O13P/c1-31(2,3)50-21(41)11-38(12-22(42)51-32(4,5)6)16-7-8-17-15(9-20(40)48-18(17)10-16)13-46-53(45)47-14-19-25(52-53)24(43)28(49-19)39-26-23(35-29(39)33)27(44)37-30(34)36-26/h7-10,19,24-25,28,43H,11-14H2,1-6H3,(H3,34,36,37,44)/t19-,24-,25-,28-,53?/m1/s1. The Morgan fingerprint density at radius 1 is 1.09 bits per heavy atom. The second-order valence-corrected chi connectivity index (χ2v) is 16.6. The summed E-state index contributed by atoms with van der Waals surface area (Å²) in [7, 11) is -4.36. The molecular weight excluding hydrogens is 787 g/mol. The summed E-state index contributed by atoms with van der Waals surface area (Å²) in [5, 5.41) is 11.6. The van der Waals surface area contributed by atoms with Crippen LogP contribution in [0.2, 0.25) is 0 Å². The third-order valence-corrected chi connectivity index (χ3v) is 9.75. The fourth-order valence-electron chi connectivity index (χ4n) is 5.79. The summed E-state index contributed by atoms with van der Waals surface area (Å²) in [4.78, 5) is 62.7. The molecule has 21 heteroatoms. The highest BCUT2D eigenvalue weighted by atomic mass is 79.9. The molecule has 1 unspecified atom stereocenters. The number of phosphoric acid groups is 1. The Balaban J connectivity index is 1.20. The number of carbonyl (C=O) groups excluding carboxylic acids is 2. The molecule has 6 rings (SSSR count). The van der Waals surface area contributed by atoms with E-state index in [1.54, 1.807) is 53.7 Å². The minimum absolute atomic E-state index is 0.0249. The number of halogens is 1. The van der Waals surface area contributed by atoms with Crippen LogP contribution in [0.25, 0.3) is 22.1 Å². The maximum atomic E-state index is 13.7. The van der Waals surface area contributed by atoms with Crippen LogP contribution in [0.4, 0.5) is 11.6 Å². The van der Waals surface area contributed by atoms with E-state index in [4.69, 9.17) is 37.9 Å². The lowest BCUT2D eigenvalue weighted by Crippen LogP contribution is -2.40. The molecule has 4 aromatic rings. The van der Waals surface area contributed by atoms with Gasteiger partial charge in [0.2, 0.25) is 5.95 Å². The van der Waals surface area contributed by atoms with Crippen LogP contribution in [0.3, 0.4) is 0 Å². The lowest BCUT2D eigenvalue weighted by atomic mass is 10.1. The number of H-pyrrole nitrogens is 1. The third-order valence-electron chi connectivity index (χ3n) is 7.77. The number of fused-ring (bicyclic) bond motifs is 3. The number of imidazole rings is 1. The lowest BCUT2D eigenvalue weighted by Gasteiger charge is -2.30. The molecule has 5 atom stereocenters. The summed E-state index contributed by atoms with van der Waals surface area (Å²) in [6.45, 7) is 8.92. The highest BCUT2D eigenvalue weighted by Crippen LogP contribution is 2.57. The first-order valence-electron chi connectivity index (χ1n) is 16.3. The normalized spacial score (nSPS) is 23.2. The summed E-state index contributed by atoms with van der Waals surface area (Å²) in [5.41, 5.74) is 3.42. The van der Waals surface area contributed by atoms with Gasteiger partial charge in [0, 0.05) is 23.2 Å². The Morgan fingerprint density at radius 2 is 1.75 bits per heavy atom. The van der Waals surface area contributed by atoms with Crippen molar-refractivity contribution >= 4 is 69.5 Å². The number of carbonyl (C=O) groups is 2. The van der Waals surface area contributed by atoms with Gasteiger partial charge in [0.05, 0.1) is 13.2 Å². The number of aliphatic hydroxyl groups is 1. The van der Waals surface area contributed by atoms with Crippen LogP contribution >= 0.6 is 23.8 Å². The third kappa shape index (κ3) is 8.64. The number of hydrogen-bond donors (Lipinski definition) is 3. The minimum atomic E-state index is -4.36. The van der Waals surface area contributed by atoms with Crippen molar-refractivity contribution in [1.29, 1.82) is 0 Å². The van der Waals surface area contributed by atoms with Gasteiger partial charge in [0.1, 0.15) is 48.2 Å². The molecule has 0 aliphatic carbocycles. The summed E-state index contributed by atoms with van der Waals surface area (Å²) in [6, 6.07) is 5.79. The monoisotopic (exact) mass is 824 g/mol. The topological polar surface area (TPSA) is 250 Å². The summed E-state index contributed by atoms with van der Waals surface area (Å²) in [6.07, 6.45) is -4.76. The Hall–Kier alpha value is -4.17. The number of nitrogens with zero attached hydrogens (tertiary/aromatic N) is 4. The number of ether oxygens (including phenoxy) is 3. The number of hydrogen-bond acceptors (Lipinski definition) is 17. The number of nitrogens with one attached hydrogen (secondary N) is 1. The first-order chi connectivity index (χ1) is 24.7. The molecule has 2 aliphatic heterocycles. The number of anilines is 2. The van der Waals surface area contributed by atoms with Crippen LogP contribution in [0.5, 0.6) is 0 Å². The van der Waals surface area contributed by atoms with Crippen molar-refractivity contribution in [1.82, 2.24) is 19.5 Å². The molecule has 0 bridgehead atoms. The van der Waals surface area contributed by atoms with Crippen molar-refractivity contribution < 1.29 is 51.5 Å². The van der Waals surface area contributed by atoms with Crippen molar-refractivity contribution in [3.05, 3.63) is 55.3 Å². The van der Waals surface area contributed by atoms with Gasteiger partial charge in [-0.2, -0.15) is 4.98 Å². The quantitative estimate of drug-likeness (QED) is 0.0949. The van der Waals surface area contributed by atoms with E-state index >= 15 is 0 Å². The fourth-order valence-corrected chi connectivity index (χ4v) is 7.72. The lowest BCUT2D eigenvalue weighted by molar-refractivity contribution is -0.154. The Labute approximate surface area is 309 Å². The first kappa shape index (κ1) is 38.6. The van der Waals surface area contributed by atoms with Crippen LogP contribution in [-0.2, 0) is 48.5 Å². The predicted molar refractivity (Wildman–Crippen MR) is 190 cm³/mol. The maximum Gasteiger partial charge on any atom is 0.475 e. The van der Waals surface area contributed by atoms with Crippen molar-refractivity contribution in [3.63, 3.8) is 0 Å². The smallest absolute Gasteiger partial charge is 0.459 e. The zero-order valence-electron chi connectivity index (χ0n) is 29.5. The van der Waals surface area contributed by atoms with Gasteiger partial charge in [0.25, 0.3) is 5.56 Å². The van der Waals surface area contributed by atoms with Crippen LogP contribution < -0.4 is 21.8 Å². The van der Waals surface area contributed by atoms with E-state index in [0.717, 1.165) is 6.07 Å². The van der Waals surface area contributed by atoms with Gasteiger partial charge in [-0.25, -0.2) is 14.3 Å². The molecule has 2 saturated heterocycles. The molecule has 0 saturated carbocycles. The minimum Gasteiger partial charge on any atom is -0.459 e. The molecular formula is C32H38BrN6O13P. The largest absolute Gasteiger partial charge is 0.475 e. The van der Waals surface area contributed by atoms with Gasteiger partial charge in [-0.3, -0.25) is 37.5 Å². The Bertz CT molecular complexity index is 2210. The molecule has 2 fully saturated rings. The van der Waals surface area contributed by atoms with Gasteiger partial charge in [0.15, 0.2) is 22.1 Å². The average Bonchev–Trinajstić information content (AvgIpc) is 3.52. The van der Waals surface area contributed by atoms with Crippen LogP contribution in [0, 0.1) is 0 Å². The number of aliphatic hydroxyl groups excluding tert-OH is 1. The maximum absolute atomic E-state index is 13.7. The molecule has 53 heavy (non-hydrogen) atoms. The molecule has 4 N–H and O–H groups in total. The molecule has 0 amide bonds. The molecule has 19 nitrogen and oxygen atoms in total. The van der Waals surface area contributed by atoms with E-state index in [1.165, 1.54) is 15.5 Å². The number of esters is 2. The molecule has 3 aromatic heterocycles. The summed E-state index contributed by atoms with van der Waals surface area (Å²) in [5.74, 6) is -1.39. The zero-order valence-corrected chi connectivity index (χ0v) is 32.0. The zero-order chi connectivity index (χ0) is 38.6. The SMILES string of the molecule is CC(C)(C)OC(=O)CN(CC(=O)OC(C)(C)C)c1ccc2c(COP3(=O)OC[C@H]4O[C@@H](n5c(Br)nc6c(=O)[nH]c(N)nc65)[C@H](O)[C@@H]4O3)cc(=O)oc2c1. The van der Waals surface area contributed by atoms with E-state index in [1.807, 2.05) is 0 Å². The van der Waals surface area contributed by atoms with E-state index in [0.29, 0.717) is 11.1 Å². The number of nitrogen functional groups attached to an aromatic ring is 1. The average molecular weight is 826 g/mol. The second kappa shape index (κ2) is 14.2. The van der Waals surface area contributed by atoms with Crippen LogP contribution in [0.1, 0.15) is 53.3 Å². The summed E-state index contributed by atoms with van der Waals surface area (Å²) >= 11 is 3.26. The summed E-state index contributed by atoms with van der Waals surface area (Å²) < 4.78 is 54.2. The van der Waals surface area contributed by atoms with Gasteiger partial charge in [-0.1, -0.05) is 0 Å². The fraction of sp³-hybridized carbons (Fsp3) is 0.500. The first-order valence-corrected chi connectivity index (χ1v) is 18.5. The molecule has 5 heterocycles. The number of benzene rings is 1. The number of phosphoric ester groups is 1. The van der Waals surface area contributed by atoms with Crippen molar-refractivity contribution in [2.75, 3.05) is 30.3 Å². The second-order valence-electron chi connectivity index (χ2n) is 14.3. The van der Waals surface area contributed by atoms with Crippen LogP contribution in [0.15, 0.2) is 43.0 Å². The Kier molecular flexibility index (Phi) is 10.4. The van der Waals surface area contributed by atoms with Crippen LogP contribution in [-0.4, -0.2) is 85.8 Å². The van der Waals surface area contributed by atoms with Crippen molar-refractivity contribution in [3.8, 4) is 0 Å². The van der Waals surface area contributed by atoms with E-state index in [-0.39, 0.29) is 52.7 Å². The molecule has 1 aromatic carbocycles. The van der Waals surface area contributed by atoms with Gasteiger partial charge < -0.3 is 34.4 Å². The Morgan fingerprint density at radius 3 is 2.40 bits per heavy atom. The molecule has 286 valence electrons. The number of rotatable bonds is 9. The van der Waals surface area contributed by atoms with Gasteiger partial charge in [-0.15, -0.1) is 0 Å². The highest BCUT2D eigenvalue weighted by Gasteiger charge is 2.54. The van der Waals surface area contributed by atoms with Gasteiger partial charge in [-0.05, 0) is 75.2 Å². The molecule has 0 spiro atoms. The molecule has 2 aliphatic rings. The highest BCUT2D eigenvalue weighted by molar-refractivity contribution is 9.10. The molecule has 0 radical (unpaired) electrons. The predicted octanol–water partition coefficient (Wildman–Crippen LogP) is 3.06. The number of nitrogens with two attached hydrogens (primary N) is 1. The number of aromatic nitrogens is 4. The van der Waals surface area contributed by atoms with Crippen molar-refractivity contribution in [2.24, 2.45) is 0 Å².